The topological polar surface area (TPSA) is 3.24 Å². The Morgan fingerprint density at radius 1 is 0.857 bits per heavy atom. The third kappa shape index (κ3) is 10.0. The second-order valence-corrected chi connectivity index (χ2v) is 3.84. The number of hydrogen-bond donors (Lipinski definition) is 0. The zero-order chi connectivity index (χ0) is 11.4. The Balaban J connectivity index is 0. The molecule has 0 aliphatic heterocycles. The van der Waals surface area contributed by atoms with Crippen molar-refractivity contribution in [3.63, 3.8) is 0 Å². The highest BCUT2D eigenvalue weighted by atomic mass is 15.1. The van der Waals surface area contributed by atoms with Gasteiger partial charge in [-0.05, 0) is 39.8 Å². The lowest BCUT2D eigenvalue weighted by molar-refractivity contribution is 0.215. The van der Waals surface area contributed by atoms with E-state index in [0.717, 1.165) is 6.04 Å². The summed E-state index contributed by atoms with van der Waals surface area (Å²) in [5.41, 5.74) is 0. The van der Waals surface area contributed by atoms with Crippen LogP contribution in [0, 0.1) is 0 Å². The first kappa shape index (κ1) is 16.4. The molecule has 0 aliphatic rings. The molecule has 0 amide bonds. The van der Waals surface area contributed by atoms with Gasteiger partial charge in [0.15, 0.2) is 0 Å². The molecule has 0 fully saturated rings. The van der Waals surface area contributed by atoms with E-state index in [1.165, 1.54) is 38.8 Å². The number of nitrogens with zero attached hydrogens (tertiary/aromatic N) is 1. The van der Waals surface area contributed by atoms with E-state index in [4.69, 9.17) is 0 Å². The van der Waals surface area contributed by atoms with Gasteiger partial charge < -0.3 is 4.90 Å². The second-order valence-electron chi connectivity index (χ2n) is 3.84. The Morgan fingerprint density at radius 3 is 1.43 bits per heavy atom. The summed E-state index contributed by atoms with van der Waals surface area (Å²) >= 11 is 0. The van der Waals surface area contributed by atoms with Crippen LogP contribution in [0.4, 0.5) is 0 Å². The minimum atomic E-state index is 0.725. The average Bonchev–Trinajstić information content (AvgIpc) is 2.20. The summed E-state index contributed by atoms with van der Waals surface area (Å²) in [7, 11) is 0. The molecule has 0 spiro atoms. The van der Waals surface area contributed by atoms with Gasteiger partial charge in [-0.25, -0.2) is 0 Å². The van der Waals surface area contributed by atoms with Crippen molar-refractivity contribution >= 4 is 0 Å². The summed E-state index contributed by atoms with van der Waals surface area (Å²) < 4.78 is 0. The van der Waals surface area contributed by atoms with Crippen molar-refractivity contribution in [2.24, 2.45) is 0 Å². The smallest absolute Gasteiger partial charge is 0.00385 e. The average molecular weight is 201 g/mol. The highest BCUT2D eigenvalue weighted by molar-refractivity contribution is 4.61. The van der Waals surface area contributed by atoms with E-state index < -0.39 is 0 Å². The Labute approximate surface area is 91.9 Å². The molecule has 0 N–H and O–H groups in total. The molecule has 14 heavy (non-hydrogen) atoms. The van der Waals surface area contributed by atoms with Crippen molar-refractivity contribution in [2.75, 3.05) is 13.1 Å². The van der Waals surface area contributed by atoms with Crippen LogP contribution in [0.15, 0.2) is 0 Å². The fraction of sp³-hybridized carbons (Fsp3) is 1.00. The van der Waals surface area contributed by atoms with Crippen molar-refractivity contribution in [1.29, 1.82) is 0 Å². The zero-order valence-corrected chi connectivity index (χ0v) is 11.3. The van der Waals surface area contributed by atoms with Crippen molar-refractivity contribution in [1.82, 2.24) is 4.90 Å². The summed E-state index contributed by atoms with van der Waals surface area (Å²) in [5.74, 6) is 0. The molecule has 1 heteroatoms. The van der Waals surface area contributed by atoms with Gasteiger partial charge in [0.05, 0.1) is 0 Å². The van der Waals surface area contributed by atoms with Gasteiger partial charge in [0, 0.05) is 6.04 Å². The summed E-state index contributed by atoms with van der Waals surface area (Å²) in [6.45, 7) is 15.7. The third-order valence-electron chi connectivity index (χ3n) is 2.33. The summed E-state index contributed by atoms with van der Waals surface area (Å²) in [4.78, 5) is 2.59. The van der Waals surface area contributed by atoms with E-state index >= 15 is 0 Å². The first-order valence-electron chi connectivity index (χ1n) is 6.46. The molecular weight excluding hydrogens is 170 g/mol. The molecule has 0 atom stereocenters. The molecule has 0 aliphatic carbocycles. The molecule has 0 aromatic heterocycles. The van der Waals surface area contributed by atoms with Crippen LogP contribution in [0.5, 0.6) is 0 Å². The standard InChI is InChI=1S/C11H25N.C2H6/c1-5-7-9-12(11(3)4)10-8-6-2;1-2/h11H,5-10H2,1-4H3;1-2H3. The van der Waals surface area contributed by atoms with Crippen LogP contribution in [0.3, 0.4) is 0 Å². The first-order chi connectivity index (χ1) is 6.72. The lowest BCUT2D eigenvalue weighted by Gasteiger charge is -2.25. The van der Waals surface area contributed by atoms with E-state index in [0.29, 0.717) is 0 Å². The Hall–Kier alpha value is -0.0400. The summed E-state index contributed by atoms with van der Waals surface area (Å²) in [6.07, 6.45) is 5.33. The maximum atomic E-state index is 2.59. The van der Waals surface area contributed by atoms with E-state index in [9.17, 15) is 0 Å². The molecule has 0 saturated heterocycles. The maximum absolute atomic E-state index is 2.59. The Kier molecular flexibility index (Phi) is 15.2. The van der Waals surface area contributed by atoms with Gasteiger partial charge in [-0.1, -0.05) is 40.5 Å². The van der Waals surface area contributed by atoms with Crippen molar-refractivity contribution < 1.29 is 0 Å². The highest BCUT2D eigenvalue weighted by Crippen LogP contribution is 2.03. The molecule has 0 unspecified atom stereocenters. The fourth-order valence-corrected chi connectivity index (χ4v) is 1.35. The number of hydrogen-bond acceptors (Lipinski definition) is 1. The first-order valence-corrected chi connectivity index (χ1v) is 6.46. The molecule has 0 heterocycles. The Bertz CT molecular complexity index is 81.2. The van der Waals surface area contributed by atoms with Gasteiger partial charge in [-0.2, -0.15) is 0 Å². The largest absolute Gasteiger partial charge is 0.301 e. The van der Waals surface area contributed by atoms with E-state index in [2.05, 4.69) is 32.6 Å². The van der Waals surface area contributed by atoms with Crippen molar-refractivity contribution in [3.05, 3.63) is 0 Å². The molecule has 1 nitrogen and oxygen atoms in total. The van der Waals surface area contributed by atoms with Gasteiger partial charge in [-0.15, -0.1) is 0 Å². The van der Waals surface area contributed by atoms with Gasteiger partial charge in [0.1, 0.15) is 0 Å². The highest BCUT2D eigenvalue weighted by Gasteiger charge is 2.06. The van der Waals surface area contributed by atoms with Crippen LogP contribution in [-0.2, 0) is 0 Å². The molecule has 0 aromatic carbocycles. The third-order valence-corrected chi connectivity index (χ3v) is 2.33. The Morgan fingerprint density at radius 2 is 1.21 bits per heavy atom. The second kappa shape index (κ2) is 13.0. The fourth-order valence-electron chi connectivity index (χ4n) is 1.35. The minimum Gasteiger partial charge on any atom is -0.301 e. The lowest BCUT2D eigenvalue weighted by atomic mass is 10.2. The monoisotopic (exact) mass is 201 g/mol. The minimum absolute atomic E-state index is 0.725. The van der Waals surface area contributed by atoms with Crippen molar-refractivity contribution in [3.8, 4) is 0 Å². The number of rotatable bonds is 7. The van der Waals surface area contributed by atoms with Gasteiger partial charge >= 0.3 is 0 Å². The lowest BCUT2D eigenvalue weighted by Crippen LogP contribution is -2.32. The quantitative estimate of drug-likeness (QED) is 0.593. The van der Waals surface area contributed by atoms with E-state index in [-0.39, 0.29) is 0 Å². The summed E-state index contributed by atoms with van der Waals surface area (Å²) in [5, 5.41) is 0. The van der Waals surface area contributed by atoms with Crippen molar-refractivity contribution in [2.45, 2.75) is 73.3 Å². The number of unbranched alkanes of at least 4 members (excludes halogenated alkanes) is 2. The van der Waals surface area contributed by atoms with E-state index in [1.807, 2.05) is 13.8 Å². The molecule has 0 aromatic rings. The molecular formula is C13H31N. The van der Waals surface area contributed by atoms with Crippen LogP contribution in [0.1, 0.15) is 67.2 Å². The van der Waals surface area contributed by atoms with Crippen LogP contribution in [0.25, 0.3) is 0 Å². The van der Waals surface area contributed by atoms with Crippen LogP contribution >= 0.6 is 0 Å². The maximum Gasteiger partial charge on any atom is 0.00385 e. The van der Waals surface area contributed by atoms with Crippen LogP contribution in [0.2, 0.25) is 0 Å². The zero-order valence-electron chi connectivity index (χ0n) is 11.3. The molecule has 0 radical (unpaired) electrons. The SMILES string of the molecule is CC.CCCCN(CCCC)C(C)C. The summed E-state index contributed by atoms with van der Waals surface area (Å²) in [6, 6.07) is 0.725. The van der Waals surface area contributed by atoms with Crippen LogP contribution < -0.4 is 0 Å². The van der Waals surface area contributed by atoms with Gasteiger partial charge in [0.25, 0.3) is 0 Å². The molecule has 88 valence electrons. The van der Waals surface area contributed by atoms with E-state index in [1.54, 1.807) is 0 Å². The molecule has 0 rings (SSSR count). The predicted octanol–water partition coefficient (Wildman–Crippen LogP) is 4.32. The van der Waals surface area contributed by atoms with Gasteiger partial charge in [-0.3, -0.25) is 0 Å². The molecule has 0 bridgehead atoms. The molecule has 0 saturated carbocycles. The van der Waals surface area contributed by atoms with Gasteiger partial charge in [0.2, 0.25) is 0 Å². The van der Waals surface area contributed by atoms with Crippen LogP contribution in [-0.4, -0.2) is 24.0 Å². The normalized spacial score (nSPS) is 10.3. The predicted molar refractivity (Wildman–Crippen MR) is 67.9 cm³/mol.